The minimum Gasteiger partial charge on any atom is -0.490 e. The number of nitriles is 1. The Balaban J connectivity index is 1.62. The van der Waals surface area contributed by atoms with Gasteiger partial charge in [0.2, 0.25) is 11.8 Å². The van der Waals surface area contributed by atoms with E-state index in [1.165, 1.54) is 6.21 Å². The molecule has 0 aliphatic rings. The summed E-state index contributed by atoms with van der Waals surface area (Å²) in [5, 5.41) is 16.0. The molecule has 0 bridgehead atoms. The van der Waals surface area contributed by atoms with E-state index in [9.17, 15) is 14.9 Å². The molecular formula is C28H27BrN4O4. The number of carbonyl (C=O) groups excluding carboxylic acids is 2. The van der Waals surface area contributed by atoms with Crippen molar-refractivity contribution < 1.29 is 19.1 Å². The largest absolute Gasteiger partial charge is 0.490 e. The number of aryl methyl sites for hydroxylation is 1. The molecule has 3 rings (SSSR count). The first-order chi connectivity index (χ1) is 17.9. The van der Waals surface area contributed by atoms with Crippen molar-refractivity contribution in [1.29, 1.82) is 5.26 Å². The number of halogens is 1. The second-order valence-electron chi connectivity index (χ2n) is 7.85. The molecule has 0 spiro atoms. The minimum atomic E-state index is -0.539. The van der Waals surface area contributed by atoms with Gasteiger partial charge < -0.3 is 14.8 Å². The number of anilines is 1. The summed E-state index contributed by atoms with van der Waals surface area (Å²) in [4.78, 5) is 24.4. The topological polar surface area (TPSA) is 113 Å². The van der Waals surface area contributed by atoms with E-state index in [4.69, 9.17) is 9.47 Å². The lowest BCUT2D eigenvalue weighted by molar-refractivity contribution is -0.126. The van der Waals surface area contributed by atoms with Gasteiger partial charge in [0.15, 0.2) is 11.5 Å². The van der Waals surface area contributed by atoms with Crippen molar-refractivity contribution in [2.75, 3.05) is 11.9 Å². The molecule has 2 amide bonds. The molecule has 0 fully saturated rings. The van der Waals surface area contributed by atoms with Crippen LogP contribution in [0, 0.1) is 11.3 Å². The van der Waals surface area contributed by atoms with Crippen molar-refractivity contribution in [2.45, 2.75) is 33.3 Å². The first-order valence-electron chi connectivity index (χ1n) is 11.7. The standard InChI is InChI=1S/C28H27BrN4O4/c1-3-20-9-7-8-12-24(20)32-26(34)15-27(35)33-31-17-19-13-23(29)28(25(14-19)36-4-2)37-18-22-11-6-5-10-21(22)16-30/h5-14,17H,3-4,15,18H2,1-2H3,(H,32,34)(H,33,35). The number of benzene rings is 3. The number of hydrogen-bond donors (Lipinski definition) is 2. The van der Waals surface area contributed by atoms with E-state index in [0.717, 1.165) is 17.5 Å². The van der Waals surface area contributed by atoms with E-state index in [2.05, 4.69) is 37.8 Å². The van der Waals surface area contributed by atoms with E-state index < -0.39 is 11.8 Å². The average Bonchev–Trinajstić information content (AvgIpc) is 2.88. The lowest BCUT2D eigenvalue weighted by atomic mass is 10.1. The summed E-state index contributed by atoms with van der Waals surface area (Å²) in [5.74, 6) is 0.00487. The number of nitrogens with one attached hydrogen (secondary N) is 2. The fourth-order valence-electron chi connectivity index (χ4n) is 3.48. The highest BCUT2D eigenvalue weighted by Gasteiger charge is 2.14. The molecule has 0 aliphatic heterocycles. The minimum absolute atomic E-state index is 0.191. The van der Waals surface area contributed by atoms with Gasteiger partial charge in [-0.25, -0.2) is 5.43 Å². The fraction of sp³-hybridized carbons (Fsp3) is 0.214. The fourth-order valence-corrected chi connectivity index (χ4v) is 4.05. The maximum Gasteiger partial charge on any atom is 0.249 e. The van der Waals surface area contributed by atoms with Crippen LogP contribution in [0.5, 0.6) is 11.5 Å². The predicted molar refractivity (Wildman–Crippen MR) is 146 cm³/mol. The molecule has 0 heterocycles. The predicted octanol–water partition coefficient (Wildman–Crippen LogP) is 5.34. The summed E-state index contributed by atoms with van der Waals surface area (Å²) in [6.07, 6.45) is 1.85. The van der Waals surface area contributed by atoms with Gasteiger partial charge in [-0.3, -0.25) is 9.59 Å². The summed E-state index contributed by atoms with van der Waals surface area (Å²) in [5.41, 5.74) is 6.00. The summed E-state index contributed by atoms with van der Waals surface area (Å²) in [7, 11) is 0. The highest BCUT2D eigenvalue weighted by atomic mass is 79.9. The Bertz CT molecular complexity index is 1330. The lowest BCUT2D eigenvalue weighted by Gasteiger charge is -2.15. The molecule has 0 unspecified atom stereocenters. The second kappa shape index (κ2) is 13.8. The Hall–Kier alpha value is -4.16. The Morgan fingerprint density at radius 1 is 1.03 bits per heavy atom. The Morgan fingerprint density at radius 3 is 2.49 bits per heavy atom. The van der Waals surface area contributed by atoms with Crippen LogP contribution in [0.3, 0.4) is 0 Å². The number of rotatable bonds is 11. The molecule has 3 aromatic rings. The molecule has 2 N–H and O–H groups in total. The molecule has 0 saturated heterocycles. The van der Waals surface area contributed by atoms with Gasteiger partial charge in [0, 0.05) is 11.3 Å². The van der Waals surface area contributed by atoms with Crippen molar-refractivity contribution in [1.82, 2.24) is 5.43 Å². The van der Waals surface area contributed by atoms with Crippen molar-refractivity contribution in [3.05, 3.63) is 87.4 Å². The van der Waals surface area contributed by atoms with Gasteiger partial charge in [-0.05, 0) is 64.7 Å². The van der Waals surface area contributed by atoms with Crippen LogP contribution in [0.4, 0.5) is 5.69 Å². The summed E-state index contributed by atoms with van der Waals surface area (Å²) in [6, 6.07) is 20.3. The van der Waals surface area contributed by atoms with Gasteiger partial charge in [-0.1, -0.05) is 43.3 Å². The number of hydrazone groups is 1. The maximum absolute atomic E-state index is 12.2. The summed E-state index contributed by atoms with van der Waals surface area (Å²) in [6.45, 7) is 4.45. The zero-order valence-electron chi connectivity index (χ0n) is 20.6. The molecule has 3 aromatic carbocycles. The van der Waals surface area contributed by atoms with Crippen LogP contribution in [-0.4, -0.2) is 24.6 Å². The molecule has 37 heavy (non-hydrogen) atoms. The number of carbonyl (C=O) groups is 2. The normalized spacial score (nSPS) is 10.5. The first-order valence-corrected chi connectivity index (χ1v) is 12.5. The van der Waals surface area contributed by atoms with Gasteiger partial charge in [-0.15, -0.1) is 0 Å². The molecule has 0 aromatic heterocycles. The Morgan fingerprint density at radius 2 is 1.76 bits per heavy atom. The lowest BCUT2D eigenvalue weighted by Crippen LogP contribution is -2.25. The van der Waals surface area contributed by atoms with Crippen LogP contribution >= 0.6 is 15.9 Å². The SMILES string of the molecule is CCOc1cc(C=NNC(=O)CC(=O)Nc2ccccc2CC)cc(Br)c1OCc1ccccc1C#N. The molecular weight excluding hydrogens is 536 g/mol. The molecule has 0 atom stereocenters. The smallest absolute Gasteiger partial charge is 0.249 e. The van der Waals surface area contributed by atoms with E-state index in [1.54, 1.807) is 30.3 Å². The van der Waals surface area contributed by atoms with Crippen LogP contribution in [-0.2, 0) is 22.6 Å². The molecule has 190 valence electrons. The Labute approximate surface area is 224 Å². The average molecular weight is 563 g/mol. The van der Waals surface area contributed by atoms with Crippen LogP contribution in [0.15, 0.2) is 70.2 Å². The number of amides is 2. The molecule has 8 nitrogen and oxygen atoms in total. The van der Waals surface area contributed by atoms with Gasteiger partial charge in [0.1, 0.15) is 13.0 Å². The van der Waals surface area contributed by atoms with E-state index in [-0.39, 0.29) is 13.0 Å². The van der Waals surface area contributed by atoms with Crippen LogP contribution in [0.25, 0.3) is 0 Å². The second-order valence-corrected chi connectivity index (χ2v) is 8.70. The van der Waals surface area contributed by atoms with Crippen molar-refractivity contribution >= 4 is 39.6 Å². The van der Waals surface area contributed by atoms with Gasteiger partial charge in [-0.2, -0.15) is 10.4 Å². The molecule has 0 saturated carbocycles. The third kappa shape index (κ3) is 7.92. The van der Waals surface area contributed by atoms with Gasteiger partial charge >= 0.3 is 0 Å². The van der Waals surface area contributed by atoms with Gasteiger partial charge in [0.25, 0.3) is 0 Å². The number of para-hydroxylation sites is 1. The molecule has 9 heteroatoms. The highest BCUT2D eigenvalue weighted by Crippen LogP contribution is 2.37. The van der Waals surface area contributed by atoms with E-state index >= 15 is 0 Å². The third-order valence-corrected chi connectivity index (χ3v) is 5.83. The molecule has 0 aliphatic carbocycles. The van der Waals surface area contributed by atoms with Crippen LogP contribution in [0.1, 0.15) is 42.5 Å². The number of hydrogen-bond acceptors (Lipinski definition) is 6. The van der Waals surface area contributed by atoms with Gasteiger partial charge in [0.05, 0.1) is 28.9 Å². The van der Waals surface area contributed by atoms with E-state index in [1.807, 2.05) is 44.2 Å². The molecule has 0 radical (unpaired) electrons. The van der Waals surface area contributed by atoms with Crippen molar-refractivity contribution in [3.63, 3.8) is 0 Å². The first kappa shape index (κ1) is 27.4. The Kier molecular flexibility index (Phi) is 10.2. The zero-order chi connectivity index (χ0) is 26.6. The maximum atomic E-state index is 12.2. The highest BCUT2D eigenvalue weighted by molar-refractivity contribution is 9.10. The number of nitrogens with zero attached hydrogens (tertiary/aromatic N) is 2. The summed E-state index contributed by atoms with van der Waals surface area (Å²) >= 11 is 3.50. The quantitative estimate of drug-likeness (QED) is 0.186. The van der Waals surface area contributed by atoms with Crippen LogP contribution in [0.2, 0.25) is 0 Å². The summed E-state index contributed by atoms with van der Waals surface area (Å²) < 4.78 is 12.3. The van der Waals surface area contributed by atoms with Crippen molar-refractivity contribution in [2.24, 2.45) is 5.10 Å². The number of ether oxygens (including phenoxy) is 2. The zero-order valence-corrected chi connectivity index (χ0v) is 22.2. The monoisotopic (exact) mass is 562 g/mol. The van der Waals surface area contributed by atoms with Crippen LogP contribution < -0.4 is 20.2 Å². The van der Waals surface area contributed by atoms with Crippen molar-refractivity contribution in [3.8, 4) is 17.6 Å². The van der Waals surface area contributed by atoms with E-state index in [0.29, 0.717) is 39.4 Å². The third-order valence-electron chi connectivity index (χ3n) is 5.24.